The Hall–Kier alpha value is -2.07. The summed E-state index contributed by atoms with van der Waals surface area (Å²) in [5, 5.41) is 9.80. The van der Waals surface area contributed by atoms with Crippen LogP contribution in [0.2, 0.25) is 0 Å². The molecule has 0 aliphatic heterocycles. The molecule has 0 bridgehead atoms. The third-order valence-corrected chi connectivity index (χ3v) is 8.58. The summed E-state index contributed by atoms with van der Waals surface area (Å²) in [6, 6.07) is 20.6. The first-order valence-corrected chi connectivity index (χ1v) is 15.3. The number of aryl methyl sites for hydroxylation is 1. The van der Waals surface area contributed by atoms with Gasteiger partial charge in [0.2, 0.25) is 0 Å². The van der Waals surface area contributed by atoms with Gasteiger partial charge in [-0.25, -0.2) is 0 Å². The van der Waals surface area contributed by atoms with E-state index < -0.39 is 0 Å². The van der Waals surface area contributed by atoms with Crippen LogP contribution in [0.5, 0.6) is 0 Å². The molecule has 0 saturated heterocycles. The van der Waals surface area contributed by atoms with Crippen molar-refractivity contribution < 1.29 is 0 Å². The first-order chi connectivity index (χ1) is 17.7. The van der Waals surface area contributed by atoms with E-state index >= 15 is 0 Å². The number of unbranched alkanes of at least 4 members (excludes halogenated alkanes) is 6. The molecule has 1 unspecified atom stereocenters. The maximum Gasteiger partial charge on any atom is 0.0659 e. The van der Waals surface area contributed by atoms with Gasteiger partial charge in [-0.2, -0.15) is 5.26 Å². The lowest BCUT2D eigenvalue weighted by Gasteiger charge is -2.29. The molecule has 0 heterocycles. The molecule has 196 valence electrons. The predicted octanol–water partition coefficient (Wildman–Crippen LogP) is 10.7. The average Bonchev–Trinajstić information content (AvgIpc) is 2.92. The van der Waals surface area contributed by atoms with E-state index in [0.29, 0.717) is 0 Å². The summed E-state index contributed by atoms with van der Waals surface area (Å²) in [6.45, 7) is 4.55. The van der Waals surface area contributed by atoms with Crippen LogP contribution in [-0.2, 0) is 12.8 Å². The smallest absolute Gasteiger partial charge is 0.0659 e. The van der Waals surface area contributed by atoms with Gasteiger partial charge in [0.1, 0.15) is 0 Å². The Labute approximate surface area is 222 Å². The van der Waals surface area contributed by atoms with Crippen LogP contribution in [0.15, 0.2) is 48.5 Å². The molecule has 0 spiro atoms. The maximum absolute atomic E-state index is 9.80. The van der Waals surface area contributed by atoms with Crippen molar-refractivity contribution in [3.8, 4) is 17.2 Å². The Bertz CT molecular complexity index is 864. The minimum Gasteiger partial charge on any atom is -0.198 e. The van der Waals surface area contributed by atoms with Gasteiger partial charge in [-0.1, -0.05) is 139 Å². The van der Waals surface area contributed by atoms with E-state index in [9.17, 15) is 5.26 Å². The Morgan fingerprint density at radius 3 is 1.78 bits per heavy atom. The Kier molecular flexibility index (Phi) is 13.2. The molecule has 1 heteroatoms. The molecule has 3 rings (SSSR count). The molecule has 36 heavy (non-hydrogen) atoms. The fourth-order valence-corrected chi connectivity index (χ4v) is 6.06. The Balaban J connectivity index is 1.37. The van der Waals surface area contributed by atoms with Gasteiger partial charge in [-0.3, -0.25) is 0 Å². The molecule has 1 aliphatic carbocycles. The van der Waals surface area contributed by atoms with E-state index in [-0.39, 0.29) is 5.92 Å². The van der Waals surface area contributed by atoms with E-state index in [0.717, 1.165) is 24.7 Å². The molecule has 1 saturated carbocycles. The van der Waals surface area contributed by atoms with E-state index in [1.807, 2.05) is 0 Å². The molecule has 2 aromatic rings. The zero-order valence-corrected chi connectivity index (χ0v) is 23.3. The van der Waals surface area contributed by atoms with Crippen LogP contribution in [-0.4, -0.2) is 0 Å². The van der Waals surface area contributed by atoms with Gasteiger partial charge in [0.25, 0.3) is 0 Å². The third-order valence-electron chi connectivity index (χ3n) is 8.58. The molecule has 2 aromatic carbocycles. The summed E-state index contributed by atoms with van der Waals surface area (Å²) >= 11 is 0. The lowest BCUT2D eigenvalue weighted by atomic mass is 9.77. The van der Waals surface area contributed by atoms with Gasteiger partial charge in [0.05, 0.1) is 12.0 Å². The molecule has 1 aliphatic rings. The lowest BCUT2D eigenvalue weighted by molar-refractivity contribution is 0.241. The molecule has 0 radical (unpaired) electrons. The summed E-state index contributed by atoms with van der Waals surface area (Å²) in [5.74, 6) is 1.98. The van der Waals surface area contributed by atoms with E-state index in [2.05, 4.69) is 68.4 Å². The van der Waals surface area contributed by atoms with Crippen LogP contribution in [0.4, 0.5) is 0 Å². The van der Waals surface area contributed by atoms with Crippen LogP contribution in [0.3, 0.4) is 0 Å². The van der Waals surface area contributed by atoms with Crippen molar-refractivity contribution in [3.63, 3.8) is 0 Å². The van der Waals surface area contributed by atoms with Crippen LogP contribution in [0, 0.1) is 29.1 Å². The summed E-state index contributed by atoms with van der Waals surface area (Å²) in [7, 11) is 0. The molecule has 0 amide bonds. The second kappa shape index (κ2) is 16.6. The zero-order chi connectivity index (χ0) is 25.4. The van der Waals surface area contributed by atoms with Crippen molar-refractivity contribution in [2.24, 2.45) is 17.8 Å². The molecule has 0 N–H and O–H groups in total. The third kappa shape index (κ3) is 10.1. The topological polar surface area (TPSA) is 23.8 Å². The number of nitrogens with zero attached hydrogens (tertiary/aromatic N) is 1. The molecule has 0 aromatic heterocycles. The van der Waals surface area contributed by atoms with Crippen LogP contribution in [0.25, 0.3) is 11.1 Å². The highest BCUT2D eigenvalue weighted by molar-refractivity contribution is 5.64. The normalized spacial score (nSPS) is 18.6. The van der Waals surface area contributed by atoms with E-state index in [4.69, 9.17) is 0 Å². The van der Waals surface area contributed by atoms with Crippen LogP contribution < -0.4 is 0 Å². The zero-order valence-electron chi connectivity index (χ0n) is 23.3. The Morgan fingerprint density at radius 2 is 1.19 bits per heavy atom. The molecular weight excluding hydrogens is 434 g/mol. The van der Waals surface area contributed by atoms with Gasteiger partial charge in [-0.15, -0.1) is 0 Å². The van der Waals surface area contributed by atoms with E-state index in [1.54, 1.807) is 0 Å². The average molecular weight is 486 g/mol. The van der Waals surface area contributed by atoms with Gasteiger partial charge < -0.3 is 0 Å². The van der Waals surface area contributed by atoms with Crippen molar-refractivity contribution in [1.82, 2.24) is 0 Å². The number of nitriles is 1. The van der Waals surface area contributed by atoms with E-state index in [1.165, 1.54) is 119 Å². The monoisotopic (exact) mass is 485 g/mol. The fraction of sp³-hybridized carbons (Fsp3) is 0.629. The summed E-state index contributed by atoms with van der Waals surface area (Å²) in [4.78, 5) is 0. The van der Waals surface area contributed by atoms with Gasteiger partial charge in [-0.05, 0) is 66.2 Å². The SMILES string of the molecule is CCCCCCCC1CCC(CCC(C#N)Cc2ccc(-c3ccc(CCCCC)cc3)cc2)CC1. The van der Waals surface area contributed by atoms with Crippen molar-refractivity contribution in [3.05, 3.63) is 59.7 Å². The lowest BCUT2D eigenvalue weighted by Crippen LogP contribution is -2.16. The Morgan fingerprint density at radius 1 is 0.667 bits per heavy atom. The highest BCUT2D eigenvalue weighted by Gasteiger charge is 2.22. The predicted molar refractivity (Wildman–Crippen MR) is 156 cm³/mol. The van der Waals surface area contributed by atoms with Crippen molar-refractivity contribution in [1.29, 1.82) is 5.26 Å². The first-order valence-electron chi connectivity index (χ1n) is 15.3. The number of hydrogen-bond donors (Lipinski definition) is 0. The fourth-order valence-electron chi connectivity index (χ4n) is 6.06. The highest BCUT2D eigenvalue weighted by Crippen LogP contribution is 2.35. The van der Waals surface area contributed by atoms with Gasteiger partial charge >= 0.3 is 0 Å². The second-order valence-corrected chi connectivity index (χ2v) is 11.5. The quantitative estimate of drug-likeness (QED) is 0.217. The number of hydrogen-bond acceptors (Lipinski definition) is 1. The van der Waals surface area contributed by atoms with Crippen molar-refractivity contribution in [2.75, 3.05) is 0 Å². The molecule has 1 atom stereocenters. The minimum absolute atomic E-state index is 0.148. The molecule has 1 fully saturated rings. The van der Waals surface area contributed by atoms with Gasteiger partial charge in [0, 0.05) is 0 Å². The number of benzene rings is 2. The summed E-state index contributed by atoms with van der Waals surface area (Å²) in [6.07, 6.45) is 22.4. The van der Waals surface area contributed by atoms with Gasteiger partial charge in [0.15, 0.2) is 0 Å². The van der Waals surface area contributed by atoms with Crippen LogP contribution >= 0.6 is 0 Å². The molecular formula is C35H51N. The number of rotatable bonds is 16. The highest BCUT2D eigenvalue weighted by atomic mass is 14.3. The minimum atomic E-state index is 0.148. The van der Waals surface area contributed by atoms with Crippen LogP contribution in [0.1, 0.15) is 121 Å². The maximum atomic E-state index is 9.80. The summed E-state index contributed by atoms with van der Waals surface area (Å²) in [5.41, 5.74) is 5.30. The standard InChI is InChI=1S/C35H51N/c1-3-5-7-8-10-12-29-13-15-31(16-14-29)17-18-33(28-36)27-32-21-25-35(26-22-32)34-23-19-30(20-24-34)11-9-6-4-2/h19-26,29,31,33H,3-18,27H2,1-2H3. The van der Waals surface area contributed by atoms with Crippen molar-refractivity contribution >= 4 is 0 Å². The first kappa shape index (κ1) is 28.5. The summed E-state index contributed by atoms with van der Waals surface area (Å²) < 4.78 is 0. The largest absolute Gasteiger partial charge is 0.198 e. The van der Waals surface area contributed by atoms with Crippen molar-refractivity contribution in [2.45, 2.75) is 123 Å². The molecule has 1 nitrogen and oxygen atoms in total. The second-order valence-electron chi connectivity index (χ2n) is 11.5.